The van der Waals surface area contributed by atoms with Gasteiger partial charge >= 0.3 is 5.97 Å². The van der Waals surface area contributed by atoms with Crippen LogP contribution >= 0.6 is 15.9 Å². The molecule has 0 saturated carbocycles. The van der Waals surface area contributed by atoms with Crippen LogP contribution in [0.4, 0.5) is 0 Å². The van der Waals surface area contributed by atoms with E-state index in [4.69, 9.17) is 9.47 Å². The zero-order valence-electron chi connectivity index (χ0n) is 21.0. The molecule has 1 N–H and O–H groups in total. The Labute approximate surface area is 230 Å². The Kier molecular flexibility index (Phi) is 9.54. The van der Waals surface area contributed by atoms with Gasteiger partial charge in [0.2, 0.25) is 0 Å². The van der Waals surface area contributed by atoms with Gasteiger partial charge in [0.05, 0.1) is 19.1 Å². The van der Waals surface area contributed by atoms with Crippen molar-refractivity contribution in [1.82, 2.24) is 5.32 Å². The van der Waals surface area contributed by atoms with Crippen LogP contribution in [0.3, 0.4) is 0 Å². The fourth-order valence-electron chi connectivity index (χ4n) is 3.86. The normalized spacial score (nSPS) is 10.5. The number of methoxy groups -OCH3 is 1. The number of rotatable bonds is 11. The number of amides is 1. The molecule has 0 radical (unpaired) electrons. The van der Waals surface area contributed by atoms with Crippen molar-refractivity contribution in [1.29, 1.82) is 0 Å². The van der Waals surface area contributed by atoms with Gasteiger partial charge in [-0.3, -0.25) is 9.59 Å². The van der Waals surface area contributed by atoms with Crippen molar-refractivity contribution >= 4 is 27.8 Å². The molecule has 4 aromatic carbocycles. The van der Waals surface area contributed by atoms with Gasteiger partial charge in [0.25, 0.3) is 5.91 Å². The summed E-state index contributed by atoms with van der Waals surface area (Å²) in [5, 5.41) is 2.81. The molecule has 0 bridgehead atoms. The zero-order chi connectivity index (χ0) is 26.7. The second-order valence-electron chi connectivity index (χ2n) is 8.48. The molecule has 6 nitrogen and oxygen atoms in total. The minimum Gasteiger partial charge on any atom is -0.489 e. The van der Waals surface area contributed by atoms with E-state index in [0.717, 1.165) is 21.2 Å². The predicted molar refractivity (Wildman–Crippen MR) is 150 cm³/mol. The van der Waals surface area contributed by atoms with Crippen LogP contribution in [0.5, 0.6) is 11.5 Å². The van der Waals surface area contributed by atoms with E-state index < -0.39 is 0 Å². The topological polar surface area (TPSA) is 73.9 Å². The average molecular weight is 574 g/mol. The third-order valence-corrected chi connectivity index (χ3v) is 6.28. The van der Waals surface area contributed by atoms with Gasteiger partial charge in [-0.2, -0.15) is 0 Å². The third kappa shape index (κ3) is 7.46. The van der Waals surface area contributed by atoms with Gasteiger partial charge in [0, 0.05) is 16.6 Å². The molecule has 4 aromatic rings. The average Bonchev–Trinajstić information content (AvgIpc) is 2.95. The minimum atomic E-state index is -0.386. The van der Waals surface area contributed by atoms with Crippen molar-refractivity contribution < 1.29 is 23.8 Å². The predicted octanol–water partition coefficient (Wildman–Crippen LogP) is 6.57. The monoisotopic (exact) mass is 573 g/mol. The van der Waals surface area contributed by atoms with Crippen LogP contribution in [0.25, 0.3) is 11.1 Å². The number of carbonyl (C=O) groups excluding carboxylic acids is 2. The summed E-state index contributed by atoms with van der Waals surface area (Å²) >= 11 is 3.49. The third-order valence-electron chi connectivity index (χ3n) is 5.79. The van der Waals surface area contributed by atoms with Gasteiger partial charge in [-0.25, -0.2) is 0 Å². The summed E-state index contributed by atoms with van der Waals surface area (Å²) in [7, 11) is 1.32. The minimum absolute atomic E-state index is 0.0874. The van der Waals surface area contributed by atoms with Crippen LogP contribution < -0.4 is 14.8 Å². The van der Waals surface area contributed by atoms with Crippen LogP contribution in [0, 0.1) is 0 Å². The summed E-state index contributed by atoms with van der Waals surface area (Å²) in [6.07, 6.45) is 0.0874. The van der Waals surface area contributed by atoms with Crippen LogP contribution in [-0.4, -0.2) is 25.5 Å². The van der Waals surface area contributed by atoms with Crippen molar-refractivity contribution in [3.8, 4) is 22.6 Å². The lowest BCUT2D eigenvalue weighted by molar-refractivity contribution is -0.140. The molecule has 0 aliphatic heterocycles. The fourth-order valence-corrected chi connectivity index (χ4v) is 4.31. The molecular formula is C31H28BrNO5. The van der Waals surface area contributed by atoms with Crippen molar-refractivity contribution in [2.24, 2.45) is 0 Å². The van der Waals surface area contributed by atoms with E-state index >= 15 is 0 Å². The maximum atomic E-state index is 13.2. The number of halogens is 1. The second kappa shape index (κ2) is 13.4. The van der Waals surface area contributed by atoms with Crippen LogP contribution in [0.15, 0.2) is 102 Å². The highest BCUT2D eigenvalue weighted by Gasteiger charge is 2.18. The van der Waals surface area contributed by atoms with Crippen molar-refractivity contribution in [3.05, 3.63) is 118 Å². The van der Waals surface area contributed by atoms with Gasteiger partial charge in [-0.15, -0.1) is 0 Å². The molecule has 0 fully saturated rings. The number of hydrogen-bond acceptors (Lipinski definition) is 5. The summed E-state index contributed by atoms with van der Waals surface area (Å²) in [6, 6.07) is 30.8. The lowest BCUT2D eigenvalue weighted by Gasteiger charge is -2.17. The standard InChI is InChI=1S/C31H28BrNO5/c1-36-29(34)17-18-33-31(35)27-11-6-12-28(38-21-23-9-5-10-25(32)19-23)30(27)24-13-15-26(16-14-24)37-20-22-7-3-2-4-8-22/h2-16,19H,17-18,20-21H2,1H3,(H,33,35). The Morgan fingerprint density at radius 2 is 1.50 bits per heavy atom. The summed E-state index contributed by atoms with van der Waals surface area (Å²) in [5.41, 5.74) is 3.98. The maximum absolute atomic E-state index is 13.2. The Balaban J connectivity index is 1.58. The van der Waals surface area contributed by atoms with Gasteiger partial charge in [-0.1, -0.05) is 76.6 Å². The highest BCUT2D eigenvalue weighted by molar-refractivity contribution is 9.10. The molecule has 0 aliphatic rings. The molecule has 194 valence electrons. The quantitative estimate of drug-likeness (QED) is 0.205. The Morgan fingerprint density at radius 3 is 2.24 bits per heavy atom. The van der Waals surface area contributed by atoms with E-state index in [2.05, 4.69) is 26.0 Å². The Morgan fingerprint density at radius 1 is 0.789 bits per heavy atom. The number of benzene rings is 4. The Hall–Kier alpha value is -4.10. The highest BCUT2D eigenvalue weighted by atomic mass is 79.9. The lowest BCUT2D eigenvalue weighted by atomic mass is 9.97. The molecule has 7 heteroatoms. The van der Waals surface area contributed by atoms with Gasteiger partial charge in [0.1, 0.15) is 24.7 Å². The number of carbonyl (C=O) groups is 2. The summed E-state index contributed by atoms with van der Waals surface area (Å²) < 4.78 is 17.8. The second-order valence-corrected chi connectivity index (χ2v) is 9.39. The summed E-state index contributed by atoms with van der Waals surface area (Å²) in [5.74, 6) is 0.599. The van der Waals surface area contributed by atoms with Crippen LogP contribution in [0.1, 0.15) is 27.9 Å². The van der Waals surface area contributed by atoms with E-state index in [-0.39, 0.29) is 24.8 Å². The number of hydrogen-bond donors (Lipinski definition) is 1. The highest BCUT2D eigenvalue weighted by Crippen LogP contribution is 2.35. The van der Waals surface area contributed by atoms with Gasteiger partial charge < -0.3 is 19.5 Å². The van der Waals surface area contributed by atoms with E-state index in [9.17, 15) is 9.59 Å². The molecular weight excluding hydrogens is 546 g/mol. The first kappa shape index (κ1) is 26.9. The van der Waals surface area contributed by atoms with Gasteiger partial charge in [-0.05, 0) is 53.1 Å². The van der Waals surface area contributed by atoms with E-state index in [1.165, 1.54) is 7.11 Å². The molecule has 1 amide bonds. The number of ether oxygens (including phenoxy) is 3. The van der Waals surface area contributed by atoms with Crippen molar-refractivity contribution in [2.75, 3.05) is 13.7 Å². The SMILES string of the molecule is COC(=O)CCNC(=O)c1cccc(OCc2cccc(Br)c2)c1-c1ccc(OCc2ccccc2)cc1. The first-order chi connectivity index (χ1) is 18.5. The maximum Gasteiger partial charge on any atom is 0.307 e. The molecule has 38 heavy (non-hydrogen) atoms. The van der Waals surface area contributed by atoms with Crippen molar-refractivity contribution in [2.45, 2.75) is 19.6 Å². The van der Waals surface area contributed by atoms with Crippen LogP contribution in [0.2, 0.25) is 0 Å². The Bertz CT molecular complexity index is 1370. The zero-order valence-corrected chi connectivity index (χ0v) is 22.6. The number of nitrogens with one attached hydrogen (secondary N) is 1. The van der Waals surface area contributed by atoms with E-state index in [1.807, 2.05) is 84.9 Å². The first-order valence-electron chi connectivity index (χ1n) is 12.2. The molecule has 0 aromatic heterocycles. The van der Waals surface area contributed by atoms with Crippen molar-refractivity contribution in [3.63, 3.8) is 0 Å². The molecule has 0 saturated heterocycles. The largest absolute Gasteiger partial charge is 0.489 e. The molecule has 0 unspecified atom stereocenters. The smallest absolute Gasteiger partial charge is 0.307 e. The molecule has 0 aliphatic carbocycles. The van der Waals surface area contributed by atoms with E-state index in [0.29, 0.717) is 35.8 Å². The van der Waals surface area contributed by atoms with Crippen LogP contribution in [-0.2, 0) is 22.7 Å². The summed E-state index contributed by atoms with van der Waals surface area (Å²) in [4.78, 5) is 24.6. The summed E-state index contributed by atoms with van der Waals surface area (Å²) in [6.45, 7) is 0.957. The molecule has 4 rings (SSSR count). The molecule has 0 heterocycles. The first-order valence-corrected chi connectivity index (χ1v) is 12.9. The van der Waals surface area contributed by atoms with Gasteiger partial charge in [0.15, 0.2) is 0 Å². The number of esters is 1. The van der Waals surface area contributed by atoms with E-state index in [1.54, 1.807) is 12.1 Å². The lowest BCUT2D eigenvalue weighted by Crippen LogP contribution is -2.27. The fraction of sp³-hybridized carbons (Fsp3) is 0.161. The molecule has 0 spiro atoms. The molecule has 0 atom stereocenters.